The second-order valence-corrected chi connectivity index (χ2v) is 5.41. The highest BCUT2D eigenvalue weighted by molar-refractivity contribution is 6.28. The third kappa shape index (κ3) is 2.73. The topological polar surface area (TPSA) is 78.5 Å². The number of halogens is 1. The minimum absolute atomic E-state index is 0.0310. The van der Waals surface area contributed by atoms with E-state index in [0.717, 1.165) is 9.36 Å². The maximum absolute atomic E-state index is 12.1. The Balaban J connectivity index is 2.36. The molecule has 2 heterocycles. The molecule has 0 atom stereocenters. The zero-order valence-corrected chi connectivity index (χ0v) is 11.1. The normalized spacial score (nSPS) is 11.8. The SMILES string of the molecule is CC(C)(C)Cc1nc(Cl)nn1C(=O)n1cncn1. The van der Waals surface area contributed by atoms with Crippen LogP contribution in [0.15, 0.2) is 12.7 Å². The highest BCUT2D eigenvalue weighted by atomic mass is 35.5. The molecule has 18 heavy (non-hydrogen) atoms. The molecule has 96 valence electrons. The Morgan fingerprint density at radius 2 is 2.17 bits per heavy atom. The van der Waals surface area contributed by atoms with Crippen LogP contribution in [0.4, 0.5) is 4.79 Å². The van der Waals surface area contributed by atoms with Crippen LogP contribution in [0.2, 0.25) is 5.28 Å². The smallest absolute Gasteiger partial charge is 0.243 e. The van der Waals surface area contributed by atoms with E-state index in [1.165, 1.54) is 12.7 Å². The van der Waals surface area contributed by atoms with E-state index in [0.29, 0.717) is 12.2 Å². The van der Waals surface area contributed by atoms with E-state index < -0.39 is 6.03 Å². The van der Waals surface area contributed by atoms with Gasteiger partial charge < -0.3 is 0 Å². The van der Waals surface area contributed by atoms with Crippen LogP contribution < -0.4 is 0 Å². The van der Waals surface area contributed by atoms with Gasteiger partial charge in [-0.1, -0.05) is 20.8 Å². The Morgan fingerprint density at radius 1 is 1.44 bits per heavy atom. The predicted molar refractivity (Wildman–Crippen MR) is 64.4 cm³/mol. The number of carbonyl (C=O) groups is 1. The molecule has 2 aromatic rings. The largest absolute Gasteiger partial charge is 0.372 e. The second-order valence-electron chi connectivity index (χ2n) is 5.07. The Kier molecular flexibility index (Phi) is 3.16. The van der Waals surface area contributed by atoms with Crippen molar-refractivity contribution in [2.24, 2.45) is 5.41 Å². The van der Waals surface area contributed by atoms with E-state index in [2.05, 4.69) is 20.2 Å². The highest BCUT2D eigenvalue weighted by Gasteiger charge is 2.22. The first-order valence-electron chi connectivity index (χ1n) is 5.37. The van der Waals surface area contributed by atoms with Gasteiger partial charge in [-0.2, -0.15) is 14.5 Å². The molecule has 0 amide bonds. The molecular formula is C10H13ClN6O. The van der Waals surface area contributed by atoms with Crippen LogP contribution in [0, 0.1) is 5.41 Å². The third-order valence-corrected chi connectivity index (χ3v) is 2.29. The van der Waals surface area contributed by atoms with Gasteiger partial charge in [0.25, 0.3) is 0 Å². The molecule has 0 fully saturated rings. The van der Waals surface area contributed by atoms with Gasteiger partial charge in [0.05, 0.1) is 0 Å². The van der Waals surface area contributed by atoms with Crippen molar-refractivity contribution in [3.63, 3.8) is 0 Å². The summed E-state index contributed by atoms with van der Waals surface area (Å²) in [6.07, 6.45) is 3.16. The first-order valence-corrected chi connectivity index (χ1v) is 5.75. The van der Waals surface area contributed by atoms with Gasteiger partial charge in [0.2, 0.25) is 5.28 Å². The number of nitrogens with zero attached hydrogens (tertiary/aromatic N) is 6. The maximum atomic E-state index is 12.1. The summed E-state index contributed by atoms with van der Waals surface area (Å²) in [5.41, 5.74) is -0.0310. The van der Waals surface area contributed by atoms with Gasteiger partial charge in [-0.05, 0) is 17.0 Å². The minimum Gasteiger partial charge on any atom is -0.243 e. The maximum Gasteiger partial charge on any atom is 0.372 e. The van der Waals surface area contributed by atoms with Gasteiger partial charge in [0.15, 0.2) is 0 Å². The van der Waals surface area contributed by atoms with Crippen molar-refractivity contribution in [1.82, 2.24) is 29.5 Å². The average molecular weight is 269 g/mol. The molecule has 7 nitrogen and oxygen atoms in total. The second kappa shape index (κ2) is 4.49. The van der Waals surface area contributed by atoms with E-state index >= 15 is 0 Å². The Hall–Kier alpha value is -1.76. The molecule has 0 saturated heterocycles. The third-order valence-electron chi connectivity index (χ3n) is 2.13. The van der Waals surface area contributed by atoms with E-state index in [4.69, 9.17) is 11.6 Å². The number of hydrogen-bond donors (Lipinski definition) is 0. The summed E-state index contributed by atoms with van der Waals surface area (Å²) in [4.78, 5) is 19.9. The van der Waals surface area contributed by atoms with Crippen molar-refractivity contribution >= 4 is 17.6 Å². The summed E-state index contributed by atoms with van der Waals surface area (Å²) >= 11 is 5.76. The van der Waals surface area contributed by atoms with Crippen LogP contribution in [0.5, 0.6) is 0 Å². The fourth-order valence-corrected chi connectivity index (χ4v) is 1.64. The van der Waals surface area contributed by atoms with Gasteiger partial charge in [0, 0.05) is 6.42 Å². The van der Waals surface area contributed by atoms with Crippen LogP contribution in [0.1, 0.15) is 26.6 Å². The van der Waals surface area contributed by atoms with Gasteiger partial charge >= 0.3 is 6.03 Å². The average Bonchev–Trinajstić information content (AvgIpc) is 2.84. The summed E-state index contributed by atoms with van der Waals surface area (Å²) in [5.74, 6) is 0.507. The predicted octanol–water partition coefficient (Wildman–Crippen LogP) is 1.63. The van der Waals surface area contributed by atoms with E-state index in [9.17, 15) is 4.79 Å². The van der Waals surface area contributed by atoms with Gasteiger partial charge in [0.1, 0.15) is 18.5 Å². The number of hydrogen-bond acceptors (Lipinski definition) is 5. The van der Waals surface area contributed by atoms with Crippen molar-refractivity contribution in [2.75, 3.05) is 0 Å². The number of aromatic nitrogens is 6. The van der Waals surface area contributed by atoms with Crippen molar-refractivity contribution < 1.29 is 4.79 Å². The minimum atomic E-state index is -0.453. The molecule has 0 aliphatic rings. The molecule has 0 spiro atoms. The van der Waals surface area contributed by atoms with E-state index in [1.807, 2.05) is 20.8 Å². The molecule has 0 aromatic carbocycles. The van der Waals surface area contributed by atoms with Gasteiger partial charge in [-0.15, -0.1) is 5.10 Å². The van der Waals surface area contributed by atoms with Crippen LogP contribution in [0.25, 0.3) is 0 Å². The highest BCUT2D eigenvalue weighted by Crippen LogP contribution is 2.20. The summed E-state index contributed by atoms with van der Waals surface area (Å²) in [7, 11) is 0. The van der Waals surface area contributed by atoms with Gasteiger partial charge in [-0.25, -0.2) is 14.8 Å². The van der Waals surface area contributed by atoms with E-state index in [1.54, 1.807) is 0 Å². The molecule has 8 heteroatoms. The lowest BCUT2D eigenvalue weighted by Gasteiger charge is -2.16. The fourth-order valence-electron chi connectivity index (χ4n) is 1.46. The monoisotopic (exact) mass is 268 g/mol. The molecule has 2 aromatic heterocycles. The van der Waals surface area contributed by atoms with Crippen molar-refractivity contribution in [1.29, 1.82) is 0 Å². The molecule has 0 saturated carbocycles. The molecular weight excluding hydrogens is 256 g/mol. The molecule has 0 aliphatic heterocycles. The van der Waals surface area contributed by atoms with Crippen molar-refractivity contribution in [3.05, 3.63) is 23.8 Å². The first-order chi connectivity index (χ1) is 8.37. The number of rotatable bonds is 1. The van der Waals surface area contributed by atoms with Crippen molar-refractivity contribution in [2.45, 2.75) is 27.2 Å². The van der Waals surface area contributed by atoms with Crippen molar-refractivity contribution in [3.8, 4) is 0 Å². The summed E-state index contributed by atoms with van der Waals surface area (Å²) in [6.45, 7) is 6.12. The first kappa shape index (κ1) is 12.7. The standard InChI is InChI=1S/C10H13ClN6O/c1-10(2,3)4-7-14-8(11)15-17(7)9(18)16-6-12-5-13-16/h5-6H,4H2,1-3H3. The Morgan fingerprint density at radius 3 is 2.72 bits per heavy atom. The summed E-state index contributed by atoms with van der Waals surface area (Å²) < 4.78 is 2.24. The lowest BCUT2D eigenvalue weighted by molar-refractivity contribution is 0.236. The lowest BCUT2D eigenvalue weighted by Crippen LogP contribution is -2.25. The molecule has 0 radical (unpaired) electrons. The summed E-state index contributed by atoms with van der Waals surface area (Å²) in [5, 5.41) is 7.69. The zero-order valence-electron chi connectivity index (χ0n) is 10.3. The van der Waals surface area contributed by atoms with E-state index in [-0.39, 0.29) is 10.7 Å². The number of carbonyl (C=O) groups excluding carboxylic acids is 1. The molecule has 0 N–H and O–H groups in total. The molecule has 0 bridgehead atoms. The molecule has 2 rings (SSSR count). The zero-order chi connectivity index (χ0) is 13.3. The lowest BCUT2D eigenvalue weighted by atomic mass is 9.92. The fraction of sp³-hybridized carbons (Fsp3) is 0.500. The van der Waals surface area contributed by atoms with Crippen LogP contribution in [-0.4, -0.2) is 35.6 Å². The molecule has 0 unspecified atom stereocenters. The Bertz CT molecular complexity index is 553. The Labute approximate surface area is 109 Å². The molecule has 0 aliphatic carbocycles. The van der Waals surface area contributed by atoms with Crippen LogP contribution >= 0.6 is 11.6 Å². The van der Waals surface area contributed by atoms with Crippen LogP contribution in [0.3, 0.4) is 0 Å². The van der Waals surface area contributed by atoms with Crippen LogP contribution in [-0.2, 0) is 6.42 Å². The summed E-state index contributed by atoms with van der Waals surface area (Å²) in [6, 6.07) is -0.453. The van der Waals surface area contributed by atoms with Gasteiger partial charge in [-0.3, -0.25) is 0 Å². The quantitative estimate of drug-likeness (QED) is 0.785.